The van der Waals surface area contributed by atoms with Gasteiger partial charge in [0.2, 0.25) is 0 Å². The maximum absolute atomic E-state index is 4.73. The molecule has 0 aliphatic heterocycles. The molecule has 0 rings (SSSR count). The molecule has 0 aromatic carbocycles. The van der Waals surface area contributed by atoms with Crippen molar-refractivity contribution in [2.45, 2.75) is 13.8 Å². The summed E-state index contributed by atoms with van der Waals surface area (Å²) in [6, 6.07) is 0. The van der Waals surface area contributed by atoms with Gasteiger partial charge in [-0.05, 0) is 13.8 Å². The fourth-order valence-corrected chi connectivity index (χ4v) is 0.184. The Morgan fingerprint density at radius 3 is 1.75 bits per heavy atom. The molecule has 0 N–H and O–H groups in total. The predicted octanol–water partition coefficient (Wildman–Crippen LogP) is -1.82. The molecule has 0 atom stereocenters. The molecule has 0 saturated carbocycles. The van der Waals surface area contributed by atoms with E-state index in [1.54, 1.807) is 0 Å². The van der Waals surface area contributed by atoms with Crippen molar-refractivity contribution in [2.75, 3.05) is 13.2 Å². The van der Waals surface area contributed by atoms with Crippen LogP contribution in [-0.2, 0) is 9.47 Å². The molecule has 0 spiro atoms. The first kappa shape index (κ1) is 11.3. The Morgan fingerprint density at radius 1 is 1.12 bits per heavy atom. The third-order valence-electron chi connectivity index (χ3n) is 0.469. The minimum atomic E-state index is 0. The van der Waals surface area contributed by atoms with Crippen LogP contribution in [0.25, 0.3) is 0 Å². The van der Waals surface area contributed by atoms with Crippen LogP contribution in [0.1, 0.15) is 13.8 Å². The molecular formula is C5H11LiO2. The van der Waals surface area contributed by atoms with Crippen LogP contribution in [0.4, 0.5) is 0 Å². The summed E-state index contributed by atoms with van der Waals surface area (Å²) in [5.74, 6) is 0. The van der Waals surface area contributed by atoms with Gasteiger partial charge >= 0.3 is 18.9 Å². The van der Waals surface area contributed by atoms with Gasteiger partial charge in [-0.1, -0.05) is 6.79 Å². The van der Waals surface area contributed by atoms with E-state index in [1.165, 1.54) is 6.79 Å². The van der Waals surface area contributed by atoms with Crippen molar-refractivity contribution in [3.05, 3.63) is 6.79 Å². The van der Waals surface area contributed by atoms with Crippen LogP contribution >= 0.6 is 0 Å². The van der Waals surface area contributed by atoms with Crippen LogP contribution in [0.3, 0.4) is 0 Å². The quantitative estimate of drug-likeness (QED) is 0.241. The second kappa shape index (κ2) is 10.5. The molecule has 3 heteroatoms. The van der Waals surface area contributed by atoms with Crippen molar-refractivity contribution in [2.24, 2.45) is 0 Å². The third kappa shape index (κ3) is 9.72. The van der Waals surface area contributed by atoms with Crippen LogP contribution < -0.4 is 18.9 Å². The van der Waals surface area contributed by atoms with E-state index >= 15 is 0 Å². The maximum Gasteiger partial charge on any atom is 1.00 e. The van der Waals surface area contributed by atoms with Gasteiger partial charge in [-0.15, -0.1) is 0 Å². The summed E-state index contributed by atoms with van der Waals surface area (Å²) in [7, 11) is 0. The number of hydrogen-bond acceptors (Lipinski definition) is 2. The number of hydrogen-bond donors (Lipinski definition) is 0. The van der Waals surface area contributed by atoms with Crippen molar-refractivity contribution in [3.8, 4) is 0 Å². The smallest absolute Gasteiger partial charge is 0.525 e. The SMILES string of the molecule is CCO[CH-]OCC.[Li+]. The van der Waals surface area contributed by atoms with E-state index in [-0.39, 0.29) is 18.9 Å². The summed E-state index contributed by atoms with van der Waals surface area (Å²) in [4.78, 5) is 0. The molecule has 0 aromatic heterocycles. The van der Waals surface area contributed by atoms with E-state index in [9.17, 15) is 0 Å². The first-order chi connectivity index (χ1) is 3.41. The topological polar surface area (TPSA) is 18.5 Å². The summed E-state index contributed by atoms with van der Waals surface area (Å²) < 4.78 is 9.45. The van der Waals surface area contributed by atoms with Gasteiger partial charge in [0.25, 0.3) is 0 Å². The van der Waals surface area contributed by atoms with Gasteiger partial charge in [0.15, 0.2) is 0 Å². The fourth-order valence-electron chi connectivity index (χ4n) is 0.184. The summed E-state index contributed by atoms with van der Waals surface area (Å²) in [6.07, 6.45) is 0. The van der Waals surface area contributed by atoms with Gasteiger partial charge in [-0.25, -0.2) is 0 Å². The van der Waals surface area contributed by atoms with Crippen LogP contribution in [0.15, 0.2) is 0 Å². The van der Waals surface area contributed by atoms with Gasteiger partial charge in [0, 0.05) is 13.2 Å². The predicted molar refractivity (Wildman–Crippen MR) is 27.6 cm³/mol. The van der Waals surface area contributed by atoms with Gasteiger partial charge in [0.05, 0.1) is 0 Å². The van der Waals surface area contributed by atoms with Crippen molar-refractivity contribution >= 4 is 0 Å². The number of rotatable bonds is 4. The molecular weight excluding hydrogens is 99.0 g/mol. The second-order valence-electron chi connectivity index (χ2n) is 1.01. The van der Waals surface area contributed by atoms with E-state index in [4.69, 9.17) is 9.47 Å². The summed E-state index contributed by atoms with van der Waals surface area (Å²) in [6.45, 7) is 6.55. The second-order valence-corrected chi connectivity index (χ2v) is 1.01. The Hall–Kier alpha value is 0.517. The van der Waals surface area contributed by atoms with E-state index in [0.29, 0.717) is 13.2 Å². The molecule has 0 bridgehead atoms. The van der Waals surface area contributed by atoms with E-state index in [2.05, 4.69) is 0 Å². The Labute approximate surface area is 62.7 Å². The van der Waals surface area contributed by atoms with Crippen LogP contribution in [0.5, 0.6) is 0 Å². The van der Waals surface area contributed by atoms with Gasteiger partial charge in [-0.2, -0.15) is 0 Å². The minimum Gasteiger partial charge on any atom is -0.525 e. The van der Waals surface area contributed by atoms with Crippen molar-refractivity contribution in [1.82, 2.24) is 0 Å². The zero-order valence-electron chi connectivity index (χ0n) is 5.81. The van der Waals surface area contributed by atoms with Gasteiger partial charge < -0.3 is 9.47 Å². The number of ether oxygens (including phenoxy) is 2. The first-order valence-corrected chi connectivity index (χ1v) is 2.46. The summed E-state index contributed by atoms with van der Waals surface area (Å²) in [5, 5.41) is 0. The van der Waals surface area contributed by atoms with Gasteiger partial charge in [-0.3, -0.25) is 0 Å². The summed E-state index contributed by atoms with van der Waals surface area (Å²) in [5.41, 5.74) is 0. The molecule has 0 saturated heterocycles. The Bertz CT molecular complexity index is 29.6. The van der Waals surface area contributed by atoms with Crippen molar-refractivity contribution in [1.29, 1.82) is 0 Å². The molecule has 0 unspecified atom stereocenters. The fraction of sp³-hybridized carbons (Fsp3) is 0.800. The average molecular weight is 110 g/mol. The molecule has 0 radical (unpaired) electrons. The van der Waals surface area contributed by atoms with E-state index in [0.717, 1.165) is 0 Å². The van der Waals surface area contributed by atoms with E-state index < -0.39 is 0 Å². The molecule has 8 heavy (non-hydrogen) atoms. The van der Waals surface area contributed by atoms with Crippen LogP contribution in [0, 0.1) is 6.79 Å². The Morgan fingerprint density at radius 2 is 1.50 bits per heavy atom. The zero-order chi connectivity index (χ0) is 5.54. The standard InChI is InChI=1S/C5H11O2.Li/c1-3-6-5-7-4-2;/h5H,3-4H2,1-2H3;/q-1;+1. The van der Waals surface area contributed by atoms with E-state index in [1.807, 2.05) is 13.8 Å². The molecule has 44 valence electrons. The van der Waals surface area contributed by atoms with Gasteiger partial charge in [0.1, 0.15) is 0 Å². The molecule has 0 aromatic rings. The van der Waals surface area contributed by atoms with Crippen molar-refractivity contribution in [3.63, 3.8) is 0 Å². The monoisotopic (exact) mass is 110 g/mol. The zero-order valence-corrected chi connectivity index (χ0v) is 5.81. The molecule has 0 amide bonds. The third-order valence-corrected chi connectivity index (χ3v) is 0.469. The molecule has 2 nitrogen and oxygen atoms in total. The normalized spacial score (nSPS) is 8.25. The molecule has 0 fully saturated rings. The summed E-state index contributed by atoms with van der Waals surface area (Å²) >= 11 is 0. The first-order valence-electron chi connectivity index (χ1n) is 2.46. The molecule has 0 aliphatic carbocycles. The molecule has 0 heterocycles. The maximum atomic E-state index is 4.73. The minimum absolute atomic E-state index is 0. The van der Waals surface area contributed by atoms with Crippen LogP contribution in [0.2, 0.25) is 0 Å². The molecule has 0 aliphatic rings. The van der Waals surface area contributed by atoms with Crippen LogP contribution in [-0.4, -0.2) is 13.2 Å². The average Bonchev–Trinajstić information content (AvgIpc) is 1.69. The van der Waals surface area contributed by atoms with Crippen molar-refractivity contribution < 1.29 is 28.3 Å². The Kier molecular flexibility index (Phi) is 14.9. The largest absolute Gasteiger partial charge is 1.00 e. The Balaban J connectivity index is 0.